The molecule has 1 aliphatic rings. The molecule has 0 spiro atoms. The summed E-state index contributed by atoms with van der Waals surface area (Å²) in [5, 5.41) is 5.08. The highest BCUT2D eigenvalue weighted by Gasteiger charge is 2.26. The lowest BCUT2D eigenvalue weighted by Gasteiger charge is -2.39. The first-order valence-corrected chi connectivity index (χ1v) is 10.1. The van der Waals surface area contributed by atoms with Gasteiger partial charge in [-0.1, -0.05) is 18.2 Å². The number of thiophene rings is 1. The molecule has 3 rings (SSSR count). The van der Waals surface area contributed by atoms with Crippen LogP contribution in [0.4, 0.5) is 5.69 Å². The topological polar surface area (TPSA) is 44.8 Å². The van der Waals surface area contributed by atoms with Crippen LogP contribution in [0, 0.1) is 0 Å². The predicted molar refractivity (Wildman–Crippen MR) is 107 cm³/mol. The van der Waals surface area contributed by atoms with E-state index in [0.717, 1.165) is 37.6 Å². The third-order valence-electron chi connectivity index (χ3n) is 4.76. The molecule has 0 unspecified atom stereocenters. The molecule has 1 amide bonds. The first-order valence-electron chi connectivity index (χ1n) is 9.20. The molecule has 5 nitrogen and oxygen atoms in total. The van der Waals surface area contributed by atoms with Gasteiger partial charge in [0.25, 0.3) is 0 Å². The molecule has 0 saturated carbocycles. The summed E-state index contributed by atoms with van der Waals surface area (Å²) in [4.78, 5) is 18.2. The monoisotopic (exact) mass is 373 g/mol. The van der Waals surface area contributed by atoms with Crippen molar-refractivity contribution in [1.29, 1.82) is 0 Å². The minimum atomic E-state index is -0.112. The van der Waals surface area contributed by atoms with E-state index in [4.69, 9.17) is 4.74 Å². The van der Waals surface area contributed by atoms with Gasteiger partial charge in [-0.3, -0.25) is 9.69 Å². The smallest absolute Gasteiger partial charge is 0.237 e. The van der Waals surface area contributed by atoms with Crippen LogP contribution in [0.1, 0.15) is 18.7 Å². The molecule has 1 aromatic heterocycles. The van der Waals surface area contributed by atoms with E-state index in [2.05, 4.69) is 21.2 Å². The number of benzene rings is 1. The van der Waals surface area contributed by atoms with Crippen LogP contribution in [0.25, 0.3) is 0 Å². The summed E-state index contributed by atoms with van der Waals surface area (Å²) in [6.07, 6.45) is 0. The van der Waals surface area contributed by atoms with E-state index >= 15 is 0 Å². The molecule has 1 aromatic carbocycles. The average molecular weight is 374 g/mol. The van der Waals surface area contributed by atoms with Gasteiger partial charge in [0.15, 0.2) is 0 Å². The molecule has 6 heteroatoms. The largest absolute Gasteiger partial charge is 0.492 e. The highest BCUT2D eigenvalue weighted by atomic mass is 32.1. The lowest BCUT2D eigenvalue weighted by atomic mass is 10.2. The minimum Gasteiger partial charge on any atom is -0.492 e. The van der Waals surface area contributed by atoms with Crippen molar-refractivity contribution in [3.05, 3.63) is 46.7 Å². The normalized spacial score (nSPS) is 16.3. The molecule has 1 aliphatic heterocycles. The van der Waals surface area contributed by atoms with Gasteiger partial charge in [0, 0.05) is 31.1 Å². The molecule has 1 N–H and O–H groups in total. The first kappa shape index (κ1) is 18.7. The average Bonchev–Trinajstić information content (AvgIpc) is 3.20. The summed E-state index contributed by atoms with van der Waals surface area (Å²) in [5.41, 5.74) is 1.14. The number of nitrogens with zero attached hydrogens (tertiary/aromatic N) is 2. The van der Waals surface area contributed by atoms with E-state index in [-0.39, 0.29) is 11.9 Å². The Labute approximate surface area is 159 Å². The molecule has 26 heavy (non-hydrogen) atoms. The van der Waals surface area contributed by atoms with Gasteiger partial charge < -0.3 is 15.0 Å². The molecular weight excluding hydrogens is 346 g/mol. The van der Waals surface area contributed by atoms with Crippen LogP contribution in [0.5, 0.6) is 5.75 Å². The number of para-hydroxylation sites is 2. The maximum atomic E-state index is 12.4. The molecule has 1 atom stereocenters. The number of rotatable bonds is 7. The molecule has 0 bridgehead atoms. The van der Waals surface area contributed by atoms with Crippen molar-refractivity contribution in [3.8, 4) is 5.75 Å². The summed E-state index contributed by atoms with van der Waals surface area (Å²) in [5.74, 6) is 1.03. The van der Waals surface area contributed by atoms with Crippen LogP contribution in [-0.4, -0.2) is 49.6 Å². The summed E-state index contributed by atoms with van der Waals surface area (Å²) >= 11 is 1.67. The van der Waals surface area contributed by atoms with Crippen LogP contribution in [0.15, 0.2) is 41.8 Å². The highest BCUT2D eigenvalue weighted by Crippen LogP contribution is 2.29. The maximum absolute atomic E-state index is 12.4. The van der Waals surface area contributed by atoms with E-state index in [1.54, 1.807) is 11.3 Å². The number of amides is 1. The Kier molecular flexibility index (Phi) is 6.52. The zero-order chi connectivity index (χ0) is 18.4. The summed E-state index contributed by atoms with van der Waals surface area (Å²) in [7, 11) is 0. The molecule has 2 aromatic rings. The Morgan fingerprint density at radius 2 is 1.96 bits per heavy atom. The fourth-order valence-electron chi connectivity index (χ4n) is 3.25. The SMILES string of the molecule is CCOc1ccccc1N1CCN([C@H](C)C(=O)NCc2cccs2)CC1. The molecule has 2 heterocycles. The van der Waals surface area contributed by atoms with Gasteiger partial charge in [0.1, 0.15) is 5.75 Å². The van der Waals surface area contributed by atoms with Crippen molar-refractivity contribution in [2.24, 2.45) is 0 Å². The van der Waals surface area contributed by atoms with E-state index in [1.165, 1.54) is 4.88 Å². The van der Waals surface area contributed by atoms with Crippen molar-refractivity contribution < 1.29 is 9.53 Å². The molecule has 0 aliphatic carbocycles. The van der Waals surface area contributed by atoms with Gasteiger partial charge in [-0.2, -0.15) is 0 Å². The lowest BCUT2D eigenvalue weighted by molar-refractivity contribution is -0.126. The van der Waals surface area contributed by atoms with Gasteiger partial charge in [0.05, 0.1) is 24.9 Å². The second-order valence-corrected chi connectivity index (χ2v) is 7.43. The van der Waals surface area contributed by atoms with E-state index < -0.39 is 0 Å². The summed E-state index contributed by atoms with van der Waals surface area (Å²) in [6.45, 7) is 8.81. The summed E-state index contributed by atoms with van der Waals surface area (Å²) in [6, 6.07) is 12.1. The third kappa shape index (κ3) is 4.56. The fourth-order valence-corrected chi connectivity index (χ4v) is 3.89. The third-order valence-corrected chi connectivity index (χ3v) is 5.64. The fraction of sp³-hybridized carbons (Fsp3) is 0.450. The van der Waals surface area contributed by atoms with Crippen LogP contribution in [-0.2, 0) is 11.3 Å². The number of piperazine rings is 1. The second kappa shape index (κ2) is 9.05. The molecule has 0 radical (unpaired) electrons. The highest BCUT2D eigenvalue weighted by molar-refractivity contribution is 7.09. The number of carbonyl (C=O) groups excluding carboxylic acids is 1. The van der Waals surface area contributed by atoms with E-state index in [9.17, 15) is 4.79 Å². The molecule has 1 fully saturated rings. The number of hydrogen-bond acceptors (Lipinski definition) is 5. The second-order valence-electron chi connectivity index (χ2n) is 6.40. The van der Waals surface area contributed by atoms with Crippen LogP contribution in [0.3, 0.4) is 0 Å². The first-order chi connectivity index (χ1) is 12.7. The number of carbonyl (C=O) groups is 1. The van der Waals surface area contributed by atoms with Crippen molar-refractivity contribution in [1.82, 2.24) is 10.2 Å². The van der Waals surface area contributed by atoms with Gasteiger partial charge in [0.2, 0.25) is 5.91 Å². The Bertz CT molecular complexity index is 697. The zero-order valence-corrected chi connectivity index (χ0v) is 16.3. The van der Waals surface area contributed by atoms with Crippen LogP contribution in [0.2, 0.25) is 0 Å². The van der Waals surface area contributed by atoms with Crippen molar-refractivity contribution in [2.45, 2.75) is 26.4 Å². The molecular formula is C20H27N3O2S. The summed E-state index contributed by atoms with van der Waals surface area (Å²) < 4.78 is 5.75. The van der Waals surface area contributed by atoms with Crippen LogP contribution < -0.4 is 15.0 Å². The van der Waals surface area contributed by atoms with Gasteiger partial charge in [-0.25, -0.2) is 0 Å². The van der Waals surface area contributed by atoms with Crippen LogP contribution >= 0.6 is 11.3 Å². The number of nitrogens with one attached hydrogen (secondary N) is 1. The van der Waals surface area contributed by atoms with E-state index in [1.807, 2.05) is 49.6 Å². The zero-order valence-electron chi connectivity index (χ0n) is 15.5. The standard InChI is InChI=1S/C20H27N3O2S/c1-3-25-19-9-5-4-8-18(19)23-12-10-22(11-13-23)16(2)20(24)21-15-17-7-6-14-26-17/h4-9,14,16H,3,10-13,15H2,1-2H3,(H,21,24)/t16-/m1/s1. The molecule has 140 valence electrons. The lowest BCUT2D eigenvalue weighted by Crippen LogP contribution is -2.53. The Hall–Kier alpha value is -2.05. The van der Waals surface area contributed by atoms with Gasteiger partial charge in [-0.15, -0.1) is 11.3 Å². The Balaban J connectivity index is 1.52. The number of anilines is 1. The quantitative estimate of drug-likeness (QED) is 0.810. The Morgan fingerprint density at radius 3 is 2.65 bits per heavy atom. The van der Waals surface area contributed by atoms with Crippen molar-refractivity contribution in [3.63, 3.8) is 0 Å². The minimum absolute atomic E-state index is 0.0987. The van der Waals surface area contributed by atoms with Crippen molar-refractivity contribution >= 4 is 22.9 Å². The predicted octanol–water partition coefficient (Wildman–Crippen LogP) is 2.97. The molecule has 1 saturated heterocycles. The number of ether oxygens (including phenoxy) is 1. The maximum Gasteiger partial charge on any atom is 0.237 e. The van der Waals surface area contributed by atoms with Gasteiger partial charge >= 0.3 is 0 Å². The number of hydrogen-bond donors (Lipinski definition) is 1. The van der Waals surface area contributed by atoms with Gasteiger partial charge in [-0.05, 0) is 37.4 Å². The Morgan fingerprint density at radius 1 is 1.19 bits per heavy atom. The van der Waals surface area contributed by atoms with Crippen molar-refractivity contribution in [2.75, 3.05) is 37.7 Å². The van der Waals surface area contributed by atoms with E-state index in [0.29, 0.717) is 13.2 Å².